The van der Waals surface area contributed by atoms with Crippen LogP contribution in [0.5, 0.6) is 0 Å². The largest absolute Gasteiger partial charge is 0.378 e. The molecule has 0 saturated carbocycles. The molecule has 2 rings (SSSR count). The Morgan fingerprint density at radius 3 is 2.81 bits per heavy atom. The number of aromatic nitrogens is 1. The van der Waals surface area contributed by atoms with Crippen LogP contribution in [0, 0.1) is 6.92 Å². The molecule has 1 N–H and O–H groups in total. The van der Waals surface area contributed by atoms with E-state index in [9.17, 15) is 0 Å². The molecular weight excluding hydrogens is 202 g/mol. The first-order valence-corrected chi connectivity index (χ1v) is 5.74. The number of hydrogen-bond acceptors (Lipinski definition) is 4. The molecular formula is C12H19N3O. The number of hydrogen-bond donors (Lipinski definition) is 1. The molecule has 0 amide bonds. The summed E-state index contributed by atoms with van der Waals surface area (Å²) in [5.74, 6) is 1.10. The molecule has 0 aromatic carbocycles. The van der Waals surface area contributed by atoms with E-state index in [0.29, 0.717) is 0 Å². The number of aryl methyl sites for hydroxylation is 1. The molecule has 1 aliphatic heterocycles. The van der Waals surface area contributed by atoms with Gasteiger partial charge in [0.1, 0.15) is 5.82 Å². The normalized spacial score (nSPS) is 16.5. The van der Waals surface area contributed by atoms with Gasteiger partial charge in [-0.2, -0.15) is 0 Å². The maximum Gasteiger partial charge on any atom is 0.131 e. The zero-order valence-corrected chi connectivity index (χ0v) is 9.99. The van der Waals surface area contributed by atoms with Gasteiger partial charge in [-0.15, -0.1) is 0 Å². The van der Waals surface area contributed by atoms with Crippen molar-refractivity contribution in [1.82, 2.24) is 10.3 Å². The minimum Gasteiger partial charge on any atom is -0.378 e. The first-order chi connectivity index (χ1) is 7.81. The van der Waals surface area contributed by atoms with Crippen LogP contribution in [-0.4, -0.2) is 38.3 Å². The average molecular weight is 221 g/mol. The van der Waals surface area contributed by atoms with E-state index in [1.807, 2.05) is 13.2 Å². The van der Waals surface area contributed by atoms with Crippen LogP contribution < -0.4 is 10.2 Å². The van der Waals surface area contributed by atoms with E-state index in [0.717, 1.165) is 38.7 Å². The lowest BCUT2D eigenvalue weighted by Gasteiger charge is -2.29. The van der Waals surface area contributed by atoms with Crippen molar-refractivity contribution in [3.63, 3.8) is 0 Å². The highest BCUT2D eigenvalue weighted by Gasteiger charge is 2.14. The first kappa shape index (κ1) is 11.4. The summed E-state index contributed by atoms with van der Waals surface area (Å²) in [5.41, 5.74) is 2.48. The average Bonchev–Trinajstić information content (AvgIpc) is 2.31. The minimum absolute atomic E-state index is 0.805. The topological polar surface area (TPSA) is 37.4 Å². The molecule has 0 unspecified atom stereocenters. The Labute approximate surface area is 96.6 Å². The molecule has 1 saturated heterocycles. The fourth-order valence-corrected chi connectivity index (χ4v) is 2.03. The number of pyridine rings is 1. The van der Waals surface area contributed by atoms with E-state index in [1.165, 1.54) is 11.1 Å². The maximum atomic E-state index is 5.34. The molecule has 16 heavy (non-hydrogen) atoms. The molecule has 0 atom stereocenters. The van der Waals surface area contributed by atoms with Crippen molar-refractivity contribution in [3.8, 4) is 0 Å². The third-order valence-corrected chi connectivity index (χ3v) is 2.80. The number of anilines is 1. The van der Waals surface area contributed by atoms with Gasteiger partial charge in [0, 0.05) is 25.8 Å². The highest BCUT2D eigenvalue weighted by Crippen LogP contribution is 2.18. The van der Waals surface area contributed by atoms with Crippen LogP contribution in [-0.2, 0) is 11.3 Å². The van der Waals surface area contributed by atoms with Crippen LogP contribution in [0.4, 0.5) is 5.82 Å². The van der Waals surface area contributed by atoms with Crippen LogP contribution >= 0.6 is 0 Å². The van der Waals surface area contributed by atoms with Gasteiger partial charge in [-0.25, -0.2) is 4.98 Å². The van der Waals surface area contributed by atoms with Crippen molar-refractivity contribution < 1.29 is 4.74 Å². The highest BCUT2D eigenvalue weighted by atomic mass is 16.5. The summed E-state index contributed by atoms with van der Waals surface area (Å²) < 4.78 is 5.34. The second-order valence-corrected chi connectivity index (χ2v) is 4.11. The van der Waals surface area contributed by atoms with E-state index in [4.69, 9.17) is 4.74 Å². The van der Waals surface area contributed by atoms with E-state index in [2.05, 4.69) is 28.2 Å². The van der Waals surface area contributed by atoms with Crippen LogP contribution in [0.1, 0.15) is 11.1 Å². The Morgan fingerprint density at radius 2 is 2.19 bits per heavy atom. The summed E-state index contributed by atoms with van der Waals surface area (Å²) in [6.45, 7) is 6.49. The zero-order chi connectivity index (χ0) is 11.4. The molecule has 0 aliphatic carbocycles. The SMILES string of the molecule is CNCc1cnc(N2CCOCC2)c(C)c1. The van der Waals surface area contributed by atoms with Gasteiger partial charge in [-0.3, -0.25) is 0 Å². The van der Waals surface area contributed by atoms with E-state index < -0.39 is 0 Å². The summed E-state index contributed by atoms with van der Waals surface area (Å²) in [6, 6.07) is 2.20. The summed E-state index contributed by atoms with van der Waals surface area (Å²) in [4.78, 5) is 6.84. The monoisotopic (exact) mass is 221 g/mol. The third-order valence-electron chi connectivity index (χ3n) is 2.80. The summed E-state index contributed by atoms with van der Waals surface area (Å²) in [7, 11) is 1.95. The van der Waals surface area contributed by atoms with Crippen molar-refractivity contribution in [2.45, 2.75) is 13.5 Å². The standard InChI is InChI=1S/C12H19N3O/c1-10-7-11(8-13-2)9-14-12(10)15-3-5-16-6-4-15/h7,9,13H,3-6,8H2,1-2H3. The van der Waals surface area contributed by atoms with Gasteiger partial charge in [-0.1, -0.05) is 0 Å². The lowest BCUT2D eigenvalue weighted by atomic mass is 10.2. The Kier molecular flexibility index (Phi) is 3.74. The van der Waals surface area contributed by atoms with Crippen molar-refractivity contribution in [2.24, 2.45) is 0 Å². The van der Waals surface area contributed by atoms with Crippen molar-refractivity contribution in [1.29, 1.82) is 0 Å². The summed E-state index contributed by atoms with van der Waals surface area (Å²) in [5, 5.41) is 3.14. The van der Waals surface area contributed by atoms with Gasteiger partial charge >= 0.3 is 0 Å². The maximum absolute atomic E-state index is 5.34. The number of ether oxygens (including phenoxy) is 1. The second kappa shape index (κ2) is 5.27. The van der Waals surface area contributed by atoms with Crippen LogP contribution in [0.3, 0.4) is 0 Å². The molecule has 1 fully saturated rings. The van der Waals surface area contributed by atoms with Gasteiger partial charge in [0.15, 0.2) is 0 Å². The van der Waals surface area contributed by atoms with E-state index in [-0.39, 0.29) is 0 Å². The van der Waals surface area contributed by atoms with Crippen LogP contribution in [0.2, 0.25) is 0 Å². The van der Waals surface area contributed by atoms with Gasteiger partial charge in [0.05, 0.1) is 13.2 Å². The summed E-state index contributed by atoms with van der Waals surface area (Å²) in [6.07, 6.45) is 1.95. The molecule has 1 aliphatic rings. The van der Waals surface area contributed by atoms with Crippen LogP contribution in [0.25, 0.3) is 0 Å². The molecule has 0 spiro atoms. The molecule has 0 bridgehead atoms. The van der Waals surface area contributed by atoms with Crippen LogP contribution in [0.15, 0.2) is 12.3 Å². The fourth-order valence-electron chi connectivity index (χ4n) is 2.03. The Balaban J connectivity index is 2.14. The second-order valence-electron chi connectivity index (χ2n) is 4.11. The predicted molar refractivity (Wildman–Crippen MR) is 64.8 cm³/mol. The number of morpholine rings is 1. The zero-order valence-electron chi connectivity index (χ0n) is 9.99. The molecule has 1 aromatic heterocycles. The van der Waals surface area contributed by atoms with E-state index in [1.54, 1.807) is 0 Å². The Hall–Kier alpha value is -1.13. The Morgan fingerprint density at radius 1 is 1.44 bits per heavy atom. The number of nitrogens with one attached hydrogen (secondary N) is 1. The van der Waals surface area contributed by atoms with Gasteiger partial charge < -0.3 is 15.0 Å². The Bertz CT molecular complexity index is 348. The van der Waals surface area contributed by atoms with Gasteiger partial charge in [-0.05, 0) is 31.2 Å². The number of rotatable bonds is 3. The van der Waals surface area contributed by atoms with Gasteiger partial charge in [0.25, 0.3) is 0 Å². The molecule has 4 heteroatoms. The van der Waals surface area contributed by atoms with Gasteiger partial charge in [0.2, 0.25) is 0 Å². The predicted octanol–water partition coefficient (Wildman–Crippen LogP) is 0.946. The first-order valence-electron chi connectivity index (χ1n) is 5.74. The van der Waals surface area contributed by atoms with Crippen molar-refractivity contribution in [3.05, 3.63) is 23.4 Å². The lowest BCUT2D eigenvalue weighted by molar-refractivity contribution is 0.122. The molecule has 0 radical (unpaired) electrons. The molecule has 2 heterocycles. The van der Waals surface area contributed by atoms with Crippen molar-refractivity contribution >= 4 is 5.82 Å². The van der Waals surface area contributed by atoms with E-state index >= 15 is 0 Å². The lowest BCUT2D eigenvalue weighted by Crippen LogP contribution is -2.37. The summed E-state index contributed by atoms with van der Waals surface area (Å²) >= 11 is 0. The molecule has 88 valence electrons. The molecule has 4 nitrogen and oxygen atoms in total. The molecule has 1 aromatic rings. The smallest absolute Gasteiger partial charge is 0.131 e. The minimum atomic E-state index is 0.805. The highest BCUT2D eigenvalue weighted by molar-refractivity contribution is 5.47. The fraction of sp³-hybridized carbons (Fsp3) is 0.583. The third kappa shape index (κ3) is 2.51. The quantitative estimate of drug-likeness (QED) is 0.824. The van der Waals surface area contributed by atoms with Crippen molar-refractivity contribution in [2.75, 3.05) is 38.3 Å². The number of nitrogens with zero attached hydrogens (tertiary/aromatic N) is 2.